The maximum Gasteiger partial charge on any atom is 0.246 e. The number of amides is 1. The molecule has 106 valence electrons. The van der Waals surface area contributed by atoms with E-state index < -0.39 is 26.6 Å². The molecule has 0 aliphatic rings. The Bertz CT molecular complexity index is 587. The first-order valence-electron chi connectivity index (χ1n) is 5.37. The third-order valence-electron chi connectivity index (χ3n) is 2.50. The Morgan fingerprint density at radius 1 is 1.32 bits per heavy atom. The van der Waals surface area contributed by atoms with Gasteiger partial charge in [-0.3, -0.25) is 4.79 Å². The molecule has 0 fully saturated rings. The first kappa shape index (κ1) is 15.4. The lowest BCUT2D eigenvalue weighted by Crippen LogP contribution is -2.38. The molecule has 6 nitrogen and oxygen atoms in total. The van der Waals surface area contributed by atoms with E-state index >= 15 is 0 Å². The molecule has 0 heterocycles. The van der Waals surface area contributed by atoms with E-state index in [1.54, 1.807) is 0 Å². The summed E-state index contributed by atoms with van der Waals surface area (Å²) >= 11 is 0. The Kier molecular flexibility index (Phi) is 4.48. The Balaban J connectivity index is 3.10. The molecule has 0 bridgehead atoms. The molecule has 1 rings (SSSR count). The lowest BCUT2D eigenvalue weighted by atomic mass is 10.3. The number of carbonyl (C=O) groups excluding carboxylic acids is 1. The smallest absolute Gasteiger partial charge is 0.246 e. The van der Waals surface area contributed by atoms with Crippen LogP contribution in [-0.2, 0) is 14.8 Å². The van der Waals surface area contributed by atoms with Gasteiger partial charge < -0.3 is 10.6 Å². The van der Waals surface area contributed by atoms with E-state index in [4.69, 9.17) is 5.73 Å². The maximum absolute atomic E-state index is 13.6. The minimum Gasteiger partial charge on any atom is -0.399 e. The van der Waals surface area contributed by atoms with Crippen LogP contribution < -0.4 is 5.73 Å². The van der Waals surface area contributed by atoms with E-state index in [1.165, 1.54) is 32.1 Å². The quantitative estimate of drug-likeness (QED) is 0.798. The summed E-state index contributed by atoms with van der Waals surface area (Å²) in [6.45, 7) is -0.371. The molecule has 0 unspecified atom stereocenters. The lowest BCUT2D eigenvalue weighted by molar-refractivity contribution is -0.128. The molecule has 0 saturated carbocycles. The molecule has 0 radical (unpaired) electrons. The third kappa shape index (κ3) is 3.42. The average Bonchev–Trinajstić information content (AvgIpc) is 2.31. The van der Waals surface area contributed by atoms with Gasteiger partial charge in [-0.2, -0.15) is 4.31 Å². The fourth-order valence-electron chi connectivity index (χ4n) is 1.30. The van der Waals surface area contributed by atoms with Gasteiger partial charge in [0.15, 0.2) is 0 Å². The molecule has 0 spiro atoms. The summed E-state index contributed by atoms with van der Waals surface area (Å²) in [5, 5.41) is 0. The van der Waals surface area contributed by atoms with Crippen LogP contribution in [0.25, 0.3) is 0 Å². The van der Waals surface area contributed by atoms with E-state index in [1.807, 2.05) is 0 Å². The Labute approximate surface area is 111 Å². The molecule has 2 N–H and O–H groups in total. The van der Waals surface area contributed by atoms with Gasteiger partial charge in [-0.05, 0) is 18.2 Å². The standard InChI is InChI=1S/C11H16FN3O3S/c1-14(2)11(16)7-15(3)19(17,18)10-6-8(13)4-5-9(10)12/h4-6H,7,13H2,1-3H3. The van der Waals surface area contributed by atoms with Crippen LogP contribution in [0.2, 0.25) is 0 Å². The van der Waals surface area contributed by atoms with Gasteiger partial charge in [0, 0.05) is 26.8 Å². The van der Waals surface area contributed by atoms with Crippen LogP contribution in [0.5, 0.6) is 0 Å². The van der Waals surface area contributed by atoms with E-state index in [2.05, 4.69) is 0 Å². The van der Waals surface area contributed by atoms with Crippen molar-refractivity contribution in [1.82, 2.24) is 9.21 Å². The van der Waals surface area contributed by atoms with Gasteiger partial charge in [0.25, 0.3) is 0 Å². The summed E-state index contributed by atoms with van der Waals surface area (Å²) in [6, 6.07) is 3.27. The van der Waals surface area contributed by atoms with Crippen molar-refractivity contribution >= 4 is 21.6 Å². The Morgan fingerprint density at radius 2 is 1.89 bits per heavy atom. The van der Waals surface area contributed by atoms with Crippen molar-refractivity contribution in [3.05, 3.63) is 24.0 Å². The van der Waals surface area contributed by atoms with Crippen molar-refractivity contribution in [2.75, 3.05) is 33.4 Å². The Hall–Kier alpha value is -1.67. The highest BCUT2D eigenvalue weighted by Crippen LogP contribution is 2.20. The largest absolute Gasteiger partial charge is 0.399 e. The fraction of sp³-hybridized carbons (Fsp3) is 0.364. The zero-order chi connectivity index (χ0) is 14.8. The number of nitrogen functional groups attached to an aromatic ring is 1. The molecule has 0 saturated heterocycles. The van der Waals surface area contributed by atoms with Crippen molar-refractivity contribution in [3.63, 3.8) is 0 Å². The number of hydrogen-bond acceptors (Lipinski definition) is 4. The van der Waals surface area contributed by atoms with Crippen LogP contribution in [0.15, 0.2) is 23.1 Å². The normalized spacial score (nSPS) is 11.6. The van der Waals surface area contributed by atoms with Crippen molar-refractivity contribution in [2.24, 2.45) is 0 Å². The predicted octanol–water partition coefficient (Wildman–Crippen LogP) is 0.117. The molecule has 1 amide bonds. The van der Waals surface area contributed by atoms with E-state index in [0.717, 1.165) is 16.4 Å². The highest BCUT2D eigenvalue weighted by Gasteiger charge is 2.26. The zero-order valence-corrected chi connectivity index (χ0v) is 11.7. The van der Waals surface area contributed by atoms with Crippen LogP contribution >= 0.6 is 0 Å². The van der Waals surface area contributed by atoms with Crippen LogP contribution in [-0.4, -0.2) is 51.2 Å². The molecule has 1 aromatic rings. The van der Waals surface area contributed by atoms with Crippen LogP contribution in [0.4, 0.5) is 10.1 Å². The van der Waals surface area contributed by atoms with Gasteiger partial charge in [0.2, 0.25) is 15.9 Å². The van der Waals surface area contributed by atoms with Crippen LogP contribution in [0.3, 0.4) is 0 Å². The number of likely N-dealkylation sites (N-methyl/N-ethyl adjacent to an activating group) is 2. The van der Waals surface area contributed by atoms with E-state index in [-0.39, 0.29) is 12.2 Å². The van der Waals surface area contributed by atoms with Gasteiger partial charge in [0.05, 0.1) is 6.54 Å². The number of nitrogens with zero attached hydrogens (tertiary/aromatic N) is 2. The number of sulfonamides is 1. The highest BCUT2D eigenvalue weighted by atomic mass is 32.2. The van der Waals surface area contributed by atoms with Crippen molar-refractivity contribution < 1.29 is 17.6 Å². The van der Waals surface area contributed by atoms with Gasteiger partial charge in [-0.25, -0.2) is 12.8 Å². The number of halogens is 1. The molecule has 19 heavy (non-hydrogen) atoms. The summed E-state index contributed by atoms with van der Waals surface area (Å²) in [5.74, 6) is -1.31. The summed E-state index contributed by atoms with van der Waals surface area (Å²) < 4.78 is 38.6. The van der Waals surface area contributed by atoms with Crippen LogP contribution in [0.1, 0.15) is 0 Å². The number of anilines is 1. The topological polar surface area (TPSA) is 83.7 Å². The second kappa shape index (κ2) is 5.54. The average molecular weight is 289 g/mol. The number of carbonyl (C=O) groups is 1. The van der Waals surface area contributed by atoms with E-state index in [0.29, 0.717) is 0 Å². The highest BCUT2D eigenvalue weighted by molar-refractivity contribution is 7.89. The predicted molar refractivity (Wildman–Crippen MR) is 69.3 cm³/mol. The molecule has 0 aliphatic heterocycles. The van der Waals surface area contributed by atoms with Gasteiger partial charge in [-0.1, -0.05) is 0 Å². The maximum atomic E-state index is 13.6. The Morgan fingerprint density at radius 3 is 2.42 bits per heavy atom. The number of nitrogens with two attached hydrogens (primary N) is 1. The van der Waals surface area contributed by atoms with Crippen LogP contribution in [0, 0.1) is 5.82 Å². The minimum absolute atomic E-state index is 0.132. The lowest BCUT2D eigenvalue weighted by Gasteiger charge is -2.19. The summed E-state index contributed by atoms with van der Waals surface area (Å²) in [7, 11) is 0.125. The molecular formula is C11H16FN3O3S. The number of rotatable bonds is 4. The minimum atomic E-state index is -4.09. The first-order valence-corrected chi connectivity index (χ1v) is 6.81. The molecular weight excluding hydrogens is 273 g/mol. The zero-order valence-electron chi connectivity index (χ0n) is 10.9. The summed E-state index contributed by atoms with van der Waals surface area (Å²) in [4.78, 5) is 12.2. The van der Waals surface area contributed by atoms with Gasteiger partial charge in [0.1, 0.15) is 10.7 Å². The molecule has 0 aliphatic carbocycles. The van der Waals surface area contributed by atoms with Crippen molar-refractivity contribution in [1.29, 1.82) is 0 Å². The van der Waals surface area contributed by atoms with E-state index in [9.17, 15) is 17.6 Å². The second-order valence-corrected chi connectivity index (χ2v) is 6.25. The third-order valence-corrected chi connectivity index (χ3v) is 4.32. The number of benzene rings is 1. The van der Waals surface area contributed by atoms with Gasteiger partial charge in [-0.15, -0.1) is 0 Å². The van der Waals surface area contributed by atoms with Crippen molar-refractivity contribution in [3.8, 4) is 0 Å². The summed E-state index contributed by atoms with van der Waals surface area (Å²) in [5.41, 5.74) is 5.58. The van der Waals surface area contributed by atoms with Gasteiger partial charge >= 0.3 is 0 Å². The fourth-order valence-corrected chi connectivity index (χ4v) is 2.52. The molecule has 1 aromatic carbocycles. The molecule has 8 heteroatoms. The summed E-state index contributed by atoms with van der Waals surface area (Å²) in [6.07, 6.45) is 0. The monoisotopic (exact) mass is 289 g/mol. The molecule has 0 aromatic heterocycles. The SMILES string of the molecule is CN(C)C(=O)CN(C)S(=O)(=O)c1cc(N)ccc1F. The van der Waals surface area contributed by atoms with Crippen molar-refractivity contribution in [2.45, 2.75) is 4.90 Å². The second-order valence-electron chi connectivity index (χ2n) is 4.24. The number of hydrogen-bond donors (Lipinski definition) is 1. The molecule has 0 atom stereocenters. The first-order chi connectivity index (χ1) is 8.66.